The van der Waals surface area contributed by atoms with E-state index >= 15 is 0 Å². The third-order valence-corrected chi connectivity index (χ3v) is 8.26. The SMILES string of the molecule is CC(=O)Oc1c(-c2ccccc2)nn2c1C(C1c3ccccc3-n3nc(-c4ccccc4)c(OC(C)=O)c31)c1ccccc1-2. The van der Waals surface area contributed by atoms with Gasteiger partial charge >= 0.3 is 11.9 Å². The zero-order valence-corrected chi connectivity index (χ0v) is 24.0. The van der Waals surface area contributed by atoms with Crippen molar-refractivity contribution in [2.75, 3.05) is 0 Å². The number of hydrogen-bond donors (Lipinski definition) is 0. The molecular weight excluding hydrogens is 552 g/mol. The predicted molar refractivity (Wildman–Crippen MR) is 164 cm³/mol. The van der Waals surface area contributed by atoms with Gasteiger partial charge in [0, 0.05) is 36.8 Å². The van der Waals surface area contributed by atoms with Gasteiger partial charge in [0.25, 0.3) is 0 Å². The summed E-state index contributed by atoms with van der Waals surface area (Å²) < 4.78 is 15.8. The van der Waals surface area contributed by atoms with Crippen molar-refractivity contribution in [1.29, 1.82) is 0 Å². The average Bonchev–Trinajstić information content (AvgIpc) is 3.76. The number of nitrogens with zero attached hydrogens (tertiary/aromatic N) is 4. The maximum absolute atomic E-state index is 12.6. The van der Waals surface area contributed by atoms with E-state index in [1.165, 1.54) is 13.8 Å². The van der Waals surface area contributed by atoms with Gasteiger partial charge in [-0.05, 0) is 23.3 Å². The predicted octanol–water partition coefficient (Wildman–Crippen LogP) is 6.83. The Kier molecular flexibility index (Phi) is 5.84. The number of fused-ring (bicyclic) bond motifs is 6. The molecule has 8 nitrogen and oxygen atoms in total. The summed E-state index contributed by atoms with van der Waals surface area (Å²) in [5.74, 6) is -0.728. The normalized spacial score (nSPS) is 15.7. The van der Waals surface area contributed by atoms with E-state index in [9.17, 15) is 9.59 Å². The van der Waals surface area contributed by atoms with Gasteiger partial charge in [0.2, 0.25) is 0 Å². The number of aromatic nitrogens is 4. The van der Waals surface area contributed by atoms with Crippen LogP contribution in [0.25, 0.3) is 33.9 Å². The number of carbonyl (C=O) groups excluding carboxylic acids is 2. The molecule has 0 bridgehead atoms. The molecule has 0 spiro atoms. The van der Waals surface area contributed by atoms with E-state index in [2.05, 4.69) is 12.1 Å². The first kappa shape index (κ1) is 25.9. The molecule has 2 unspecified atom stereocenters. The zero-order valence-electron chi connectivity index (χ0n) is 24.0. The second-order valence-corrected chi connectivity index (χ2v) is 10.9. The molecule has 2 aromatic heterocycles. The van der Waals surface area contributed by atoms with E-state index < -0.39 is 11.9 Å². The van der Waals surface area contributed by atoms with Crippen LogP contribution in [0.5, 0.6) is 11.5 Å². The van der Waals surface area contributed by atoms with Gasteiger partial charge < -0.3 is 9.47 Å². The highest BCUT2D eigenvalue weighted by Crippen LogP contribution is 2.59. The van der Waals surface area contributed by atoms with Crippen LogP contribution in [0.15, 0.2) is 109 Å². The molecule has 0 aliphatic carbocycles. The maximum Gasteiger partial charge on any atom is 0.308 e. The lowest BCUT2D eigenvalue weighted by Crippen LogP contribution is -2.14. The van der Waals surface area contributed by atoms with Gasteiger partial charge in [-0.15, -0.1) is 0 Å². The highest BCUT2D eigenvalue weighted by molar-refractivity contribution is 5.81. The molecule has 0 saturated carbocycles. The summed E-state index contributed by atoms with van der Waals surface area (Å²) in [7, 11) is 0. The number of benzene rings is 4. The van der Waals surface area contributed by atoms with Gasteiger partial charge in [-0.3, -0.25) is 9.59 Å². The summed E-state index contributed by atoms with van der Waals surface area (Å²) in [6.45, 7) is 2.81. The van der Waals surface area contributed by atoms with Crippen molar-refractivity contribution in [2.45, 2.75) is 25.7 Å². The van der Waals surface area contributed by atoms with E-state index in [0.29, 0.717) is 22.9 Å². The summed E-state index contributed by atoms with van der Waals surface area (Å²) in [6.07, 6.45) is 0. The summed E-state index contributed by atoms with van der Waals surface area (Å²) >= 11 is 0. The number of esters is 2. The Balaban J connectivity index is 1.44. The zero-order chi connectivity index (χ0) is 29.9. The molecule has 214 valence electrons. The summed E-state index contributed by atoms with van der Waals surface area (Å²) in [5, 5.41) is 10.1. The monoisotopic (exact) mass is 578 g/mol. The van der Waals surface area contributed by atoms with E-state index in [0.717, 1.165) is 45.0 Å². The molecule has 2 aliphatic rings. The molecule has 4 heterocycles. The quantitative estimate of drug-likeness (QED) is 0.208. The van der Waals surface area contributed by atoms with Crippen LogP contribution in [0, 0.1) is 0 Å². The first-order chi connectivity index (χ1) is 21.5. The van der Waals surface area contributed by atoms with Crippen molar-refractivity contribution in [2.24, 2.45) is 0 Å². The molecule has 6 aromatic rings. The van der Waals surface area contributed by atoms with E-state index in [1.54, 1.807) is 0 Å². The molecule has 8 heteroatoms. The lowest BCUT2D eigenvalue weighted by Gasteiger charge is -2.22. The van der Waals surface area contributed by atoms with Crippen molar-refractivity contribution >= 4 is 11.9 Å². The van der Waals surface area contributed by atoms with Gasteiger partial charge in [0.15, 0.2) is 11.5 Å². The van der Waals surface area contributed by atoms with Crippen molar-refractivity contribution in [3.63, 3.8) is 0 Å². The van der Waals surface area contributed by atoms with Gasteiger partial charge in [-0.1, -0.05) is 97.1 Å². The van der Waals surface area contributed by atoms with Crippen LogP contribution in [0.3, 0.4) is 0 Å². The Bertz CT molecular complexity index is 1940. The minimum atomic E-state index is -0.434. The van der Waals surface area contributed by atoms with Crippen molar-refractivity contribution < 1.29 is 19.1 Å². The molecule has 2 aliphatic heterocycles. The minimum absolute atomic E-state index is 0.345. The lowest BCUT2D eigenvalue weighted by molar-refractivity contribution is -0.132. The fraction of sp³-hybridized carbons (Fsp3) is 0.111. The topological polar surface area (TPSA) is 88.2 Å². The largest absolute Gasteiger partial charge is 0.422 e. The van der Waals surface area contributed by atoms with Crippen LogP contribution in [0.2, 0.25) is 0 Å². The molecular formula is C36H26N4O4. The Morgan fingerprint density at radius 3 is 1.30 bits per heavy atom. The van der Waals surface area contributed by atoms with Gasteiger partial charge in [0.1, 0.15) is 11.4 Å². The molecule has 0 N–H and O–H groups in total. The van der Waals surface area contributed by atoms with Crippen LogP contribution in [0.1, 0.15) is 48.2 Å². The molecule has 0 fully saturated rings. The second-order valence-electron chi connectivity index (χ2n) is 10.9. The number of para-hydroxylation sites is 2. The first-order valence-corrected chi connectivity index (χ1v) is 14.4. The Hall–Kier alpha value is -5.76. The third kappa shape index (κ3) is 3.84. The van der Waals surface area contributed by atoms with Crippen molar-refractivity contribution in [3.05, 3.63) is 132 Å². The van der Waals surface area contributed by atoms with Crippen LogP contribution in [-0.2, 0) is 9.59 Å². The van der Waals surface area contributed by atoms with Crippen LogP contribution in [0.4, 0.5) is 0 Å². The maximum atomic E-state index is 12.6. The minimum Gasteiger partial charge on any atom is -0.422 e. The van der Waals surface area contributed by atoms with E-state index in [4.69, 9.17) is 19.7 Å². The first-order valence-electron chi connectivity index (χ1n) is 14.4. The highest BCUT2D eigenvalue weighted by atomic mass is 16.5. The van der Waals surface area contributed by atoms with Crippen LogP contribution < -0.4 is 9.47 Å². The van der Waals surface area contributed by atoms with E-state index in [-0.39, 0.29) is 11.8 Å². The number of carbonyl (C=O) groups is 2. The van der Waals surface area contributed by atoms with Crippen LogP contribution >= 0.6 is 0 Å². The molecule has 8 rings (SSSR count). The third-order valence-electron chi connectivity index (χ3n) is 8.26. The van der Waals surface area contributed by atoms with Crippen LogP contribution in [-0.4, -0.2) is 31.5 Å². The lowest BCUT2D eigenvalue weighted by atomic mass is 9.78. The molecule has 2 atom stereocenters. The molecule has 0 radical (unpaired) electrons. The fourth-order valence-electron chi connectivity index (χ4n) is 6.66. The van der Waals surface area contributed by atoms with Gasteiger partial charge in [0.05, 0.1) is 22.8 Å². The fourth-order valence-corrected chi connectivity index (χ4v) is 6.66. The van der Waals surface area contributed by atoms with E-state index in [1.807, 2.05) is 106 Å². The Morgan fingerprint density at radius 1 is 0.545 bits per heavy atom. The molecule has 0 amide bonds. The Morgan fingerprint density at radius 2 is 0.909 bits per heavy atom. The molecule has 4 aromatic carbocycles. The number of hydrogen-bond acceptors (Lipinski definition) is 6. The number of ether oxygens (including phenoxy) is 2. The van der Waals surface area contributed by atoms with Gasteiger partial charge in [-0.2, -0.15) is 10.2 Å². The van der Waals surface area contributed by atoms with Gasteiger partial charge in [-0.25, -0.2) is 9.36 Å². The summed E-state index contributed by atoms with van der Waals surface area (Å²) in [4.78, 5) is 25.2. The summed E-state index contributed by atoms with van der Waals surface area (Å²) in [6, 6.07) is 35.6. The molecule has 44 heavy (non-hydrogen) atoms. The standard InChI is InChI=1S/C36H26N4O4/c1-21(41)43-35-31(23-13-5-3-6-14-23)37-39-27-19-11-9-17-25(27)29(33(35)39)30-26-18-10-12-20-28(26)40-34(30)36(44-22(2)42)32(38-40)24-15-7-4-8-16-24/h3-20,29-30H,1-2H3. The Labute approximate surface area is 253 Å². The number of rotatable bonds is 5. The van der Waals surface area contributed by atoms with Crippen molar-refractivity contribution in [1.82, 2.24) is 19.6 Å². The van der Waals surface area contributed by atoms with Crippen molar-refractivity contribution in [3.8, 4) is 45.4 Å². The molecule has 0 saturated heterocycles. The average molecular weight is 579 g/mol. The summed E-state index contributed by atoms with van der Waals surface area (Å²) in [5.41, 5.74) is 8.19. The smallest absolute Gasteiger partial charge is 0.308 e. The second kappa shape index (κ2) is 9.91. The highest BCUT2D eigenvalue weighted by Gasteiger charge is 2.48.